The van der Waals surface area contributed by atoms with Crippen molar-refractivity contribution in [3.8, 4) is 5.69 Å². The van der Waals surface area contributed by atoms with Gasteiger partial charge in [-0.3, -0.25) is 4.79 Å². The van der Waals surface area contributed by atoms with Crippen molar-refractivity contribution >= 4 is 11.9 Å². The zero-order chi connectivity index (χ0) is 15.2. The fraction of sp³-hybridized carbons (Fsp3) is 0.200. The Hall–Kier alpha value is -2.60. The molecule has 0 aliphatic rings. The van der Waals surface area contributed by atoms with E-state index < -0.39 is 12.1 Å². The molecule has 6 nitrogen and oxygen atoms in total. The summed E-state index contributed by atoms with van der Waals surface area (Å²) >= 11 is 0. The molecule has 1 aromatic carbocycles. The summed E-state index contributed by atoms with van der Waals surface area (Å²) in [5, 5.41) is 11.4. The van der Waals surface area contributed by atoms with Crippen molar-refractivity contribution < 1.29 is 19.4 Å². The van der Waals surface area contributed by atoms with Gasteiger partial charge in [-0.25, -0.2) is 4.79 Å². The Labute approximate surface area is 122 Å². The number of benzene rings is 1. The van der Waals surface area contributed by atoms with Gasteiger partial charge in [0.15, 0.2) is 6.10 Å². The normalized spacial score (nSPS) is 11.9. The first-order valence-electron chi connectivity index (χ1n) is 6.39. The molecular formula is C15H16N2O4. The number of carbonyl (C=O) groups is 2. The van der Waals surface area contributed by atoms with Crippen molar-refractivity contribution in [1.29, 1.82) is 0 Å². The van der Waals surface area contributed by atoms with Crippen LogP contribution in [0.25, 0.3) is 5.69 Å². The van der Waals surface area contributed by atoms with Gasteiger partial charge in [-0.1, -0.05) is 6.07 Å². The Morgan fingerprint density at radius 3 is 2.62 bits per heavy atom. The van der Waals surface area contributed by atoms with Crippen LogP contribution < -0.4 is 5.32 Å². The topological polar surface area (TPSA) is 80.6 Å². The first kappa shape index (κ1) is 14.8. The predicted molar refractivity (Wildman–Crippen MR) is 76.5 cm³/mol. The Morgan fingerprint density at radius 2 is 2.00 bits per heavy atom. The van der Waals surface area contributed by atoms with E-state index in [9.17, 15) is 9.59 Å². The summed E-state index contributed by atoms with van der Waals surface area (Å²) in [6.07, 6.45) is 2.70. The number of carbonyl (C=O) groups excluding carboxylic acids is 1. The lowest BCUT2D eigenvalue weighted by Crippen LogP contribution is -2.37. The molecule has 0 saturated heterocycles. The zero-order valence-corrected chi connectivity index (χ0v) is 11.5. The van der Waals surface area contributed by atoms with Gasteiger partial charge in [0.05, 0.1) is 6.54 Å². The van der Waals surface area contributed by atoms with E-state index in [1.54, 1.807) is 18.2 Å². The van der Waals surface area contributed by atoms with Crippen LogP contribution in [0.4, 0.5) is 0 Å². The summed E-state index contributed by atoms with van der Waals surface area (Å²) in [6, 6.07) is 10.8. The quantitative estimate of drug-likeness (QED) is 0.839. The monoisotopic (exact) mass is 288 g/mol. The maximum Gasteiger partial charge on any atom is 0.334 e. The van der Waals surface area contributed by atoms with Crippen molar-refractivity contribution in [3.63, 3.8) is 0 Å². The Bertz CT molecular complexity index is 622. The van der Waals surface area contributed by atoms with Gasteiger partial charge in [0.25, 0.3) is 5.91 Å². The van der Waals surface area contributed by atoms with Gasteiger partial charge in [-0.15, -0.1) is 0 Å². The van der Waals surface area contributed by atoms with Crippen LogP contribution in [0.15, 0.2) is 48.8 Å². The molecule has 110 valence electrons. The highest BCUT2D eigenvalue weighted by Crippen LogP contribution is 2.11. The highest BCUT2D eigenvalue weighted by atomic mass is 16.5. The second-order valence-electron chi connectivity index (χ2n) is 4.41. The number of amides is 1. The molecule has 0 spiro atoms. The summed E-state index contributed by atoms with van der Waals surface area (Å²) in [6.45, 7) is -0.0849. The molecule has 0 bridgehead atoms. The molecule has 21 heavy (non-hydrogen) atoms. The van der Waals surface area contributed by atoms with Crippen molar-refractivity contribution in [2.24, 2.45) is 0 Å². The minimum Gasteiger partial charge on any atom is -0.479 e. The van der Waals surface area contributed by atoms with Gasteiger partial charge >= 0.3 is 5.97 Å². The first-order valence-corrected chi connectivity index (χ1v) is 6.39. The van der Waals surface area contributed by atoms with Crippen LogP contribution >= 0.6 is 0 Å². The van der Waals surface area contributed by atoms with Gasteiger partial charge in [0.2, 0.25) is 0 Å². The number of aromatic nitrogens is 1. The second kappa shape index (κ2) is 6.71. The minimum absolute atomic E-state index is 0.0849. The van der Waals surface area contributed by atoms with E-state index in [0.29, 0.717) is 5.56 Å². The molecule has 0 fully saturated rings. The highest BCUT2D eigenvalue weighted by molar-refractivity contribution is 5.95. The van der Waals surface area contributed by atoms with Crippen LogP contribution in [0.5, 0.6) is 0 Å². The van der Waals surface area contributed by atoms with Gasteiger partial charge in [0, 0.05) is 30.8 Å². The molecule has 0 radical (unpaired) electrons. The second-order valence-corrected chi connectivity index (χ2v) is 4.41. The molecular weight excluding hydrogens is 272 g/mol. The van der Waals surface area contributed by atoms with Gasteiger partial charge in [-0.05, 0) is 30.3 Å². The fourth-order valence-electron chi connectivity index (χ4n) is 1.87. The third-order valence-corrected chi connectivity index (χ3v) is 3.02. The lowest BCUT2D eigenvalue weighted by Gasteiger charge is -2.12. The van der Waals surface area contributed by atoms with E-state index in [1.165, 1.54) is 7.11 Å². The molecule has 1 unspecified atom stereocenters. The molecule has 2 aromatic rings. The maximum atomic E-state index is 12.0. The lowest BCUT2D eigenvalue weighted by atomic mass is 10.2. The molecule has 6 heteroatoms. The van der Waals surface area contributed by atoms with Crippen LogP contribution in [0.2, 0.25) is 0 Å². The average Bonchev–Trinajstić information content (AvgIpc) is 3.01. The Morgan fingerprint density at radius 1 is 1.29 bits per heavy atom. The van der Waals surface area contributed by atoms with E-state index >= 15 is 0 Å². The first-order chi connectivity index (χ1) is 10.1. The SMILES string of the molecule is COC(CNC(=O)c1cccc(-n2cccc2)c1)C(=O)O. The third-order valence-electron chi connectivity index (χ3n) is 3.02. The molecule has 2 N–H and O–H groups in total. The maximum absolute atomic E-state index is 12.0. The molecule has 1 atom stereocenters. The number of carboxylic acid groups (broad SMARTS) is 1. The lowest BCUT2D eigenvalue weighted by molar-refractivity contribution is -0.148. The van der Waals surface area contributed by atoms with E-state index in [2.05, 4.69) is 5.32 Å². The molecule has 1 aromatic heterocycles. The molecule has 1 heterocycles. The Kier molecular flexibility index (Phi) is 4.73. The number of ether oxygens (including phenoxy) is 1. The third kappa shape index (κ3) is 3.70. The van der Waals surface area contributed by atoms with Gasteiger partial charge in [0.1, 0.15) is 0 Å². The van der Waals surface area contributed by atoms with Crippen LogP contribution in [0, 0.1) is 0 Å². The number of hydrogen-bond donors (Lipinski definition) is 2. The van der Waals surface area contributed by atoms with Crippen LogP contribution in [-0.2, 0) is 9.53 Å². The molecule has 1 amide bonds. The zero-order valence-electron chi connectivity index (χ0n) is 11.5. The molecule has 2 rings (SSSR count). The van der Waals surface area contributed by atoms with Crippen molar-refractivity contribution in [2.75, 3.05) is 13.7 Å². The van der Waals surface area contributed by atoms with Crippen molar-refractivity contribution in [3.05, 3.63) is 54.4 Å². The van der Waals surface area contributed by atoms with Gasteiger partial charge in [-0.2, -0.15) is 0 Å². The summed E-state index contributed by atoms with van der Waals surface area (Å²) in [7, 11) is 1.29. The number of carboxylic acids is 1. The number of rotatable bonds is 6. The number of methoxy groups -OCH3 is 1. The van der Waals surface area contributed by atoms with Crippen molar-refractivity contribution in [1.82, 2.24) is 9.88 Å². The standard InChI is InChI=1S/C15H16N2O4/c1-21-13(15(19)20)10-16-14(18)11-5-4-6-12(9-11)17-7-2-3-8-17/h2-9,13H,10H2,1H3,(H,16,18)(H,19,20). The predicted octanol–water partition coefficient (Wildman–Crippen LogP) is 1.31. The van der Waals surface area contributed by atoms with E-state index in [1.807, 2.05) is 35.2 Å². The molecule has 0 aliphatic carbocycles. The van der Waals surface area contributed by atoms with E-state index in [4.69, 9.17) is 9.84 Å². The van der Waals surface area contributed by atoms with Crippen molar-refractivity contribution in [2.45, 2.75) is 6.10 Å². The average molecular weight is 288 g/mol. The van der Waals surface area contributed by atoms with Crippen LogP contribution in [0.1, 0.15) is 10.4 Å². The summed E-state index contributed by atoms with van der Waals surface area (Å²) in [4.78, 5) is 22.9. The fourth-order valence-corrected chi connectivity index (χ4v) is 1.87. The minimum atomic E-state index is -1.11. The highest BCUT2D eigenvalue weighted by Gasteiger charge is 2.17. The molecule has 0 aliphatic heterocycles. The van der Waals surface area contributed by atoms with Crippen LogP contribution in [0.3, 0.4) is 0 Å². The van der Waals surface area contributed by atoms with E-state index in [-0.39, 0.29) is 12.5 Å². The van der Waals surface area contributed by atoms with Gasteiger partial charge < -0.3 is 19.7 Å². The summed E-state index contributed by atoms with van der Waals surface area (Å²) in [5.74, 6) is -1.45. The number of nitrogens with one attached hydrogen (secondary N) is 1. The number of hydrogen-bond acceptors (Lipinski definition) is 3. The summed E-state index contributed by atoms with van der Waals surface area (Å²) in [5.41, 5.74) is 1.32. The Balaban J connectivity index is 2.06. The number of nitrogens with zero attached hydrogens (tertiary/aromatic N) is 1. The number of aliphatic carboxylic acids is 1. The van der Waals surface area contributed by atoms with Crippen LogP contribution in [-0.4, -0.2) is 41.3 Å². The largest absolute Gasteiger partial charge is 0.479 e. The summed E-state index contributed by atoms with van der Waals surface area (Å²) < 4.78 is 6.64. The molecule has 0 saturated carbocycles. The smallest absolute Gasteiger partial charge is 0.334 e. The van der Waals surface area contributed by atoms with E-state index in [0.717, 1.165) is 5.69 Å².